The average Bonchev–Trinajstić information content (AvgIpc) is 2.53. The molecule has 0 radical (unpaired) electrons. The Morgan fingerprint density at radius 1 is 0.600 bits per heavy atom. The van der Waals surface area contributed by atoms with Crippen LogP contribution in [-0.2, 0) is 0 Å². The monoisotopic (exact) mass is 266 g/mol. The smallest absolute Gasteiger partial charge is 0.0472 e. The Kier molecular flexibility index (Phi) is 2.69. The molecule has 102 valence electrons. The molecule has 0 aliphatic heterocycles. The van der Waals surface area contributed by atoms with E-state index in [-0.39, 0.29) is 36.9 Å². The van der Waals surface area contributed by atoms with Crippen molar-refractivity contribution in [2.24, 2.45) is 11.8 Å². The molecule has 0 fully saturated rings. The van der Waals surface area contributed by atoms with Crippen LogP contribution in [0.2, 0.25) is 0 Å². The van der Waals surface area contributed by atoms with Crippen LogP contribution in [0.5, 0.6) is 0 Å². The predicted octanol–water partition coefficient (Wildman–Crippen LogP) is 2.49. The van der Waals surface area contributed by atoms with Crippen LogP contribution in [0.25, 0.3) is 0 Å². The normalized spacial score (nSPS) is 29.9. The number of aliphatic hydroxyl groups is 2. The molecule has 20 heavy (non-hydrogen) atoms. The lowest BCUT2D eigenvalue weighted by molar-refractivity contribution is 0.0809. The molecule has 2 unspecified atom stereocenters. The molecule has 2 heteroatoms. The third-order valence-electron chi connectivity index (χ3n) is 5.16. The molecular formula is C18H18O2. The minimum atomic E-state index is 0.120. The minimum absolute atomic E-state index is 0.120. The van der Waals surface area contributed by atoms with Crippen molar-refractivity contribution in [3.05, 3.63) is 70.8 Å². The Bertz CT molecular complexity index is 546. The summed E-state index contributed by atoms with van der Waals surface area (Å²) in [6.45, 7) is 0.268. The molecule has 3 aliphatic carbocycles. The summed E-state index contributed by atoms with van der Waals surface area (Å²) in [4.78, 5) is 0. The lowest BCUT2D eigenvalue weighted by Gasteiger charge is -2.49. The van der Waals surface area contributed by atoms with Crippen molar-refractivity contribution in [3.63, 3.8) is 0 Å². The van der Waals surface area contributed by atoms with Crippen molar-refractivity contribution in [1.82, 2.24) is 0 Å². The fraction of sp³-hybridized carbons (Fsp3) is 0.333. The van der Waals surface area contributed by atoms with Gasteiger partial charge in [0.15, 0.2) is 0 Å². The van der Waals surface area contributed by atoms with E-state index in [0.29, 0.717) is 0 Å². The SMILES string of the molecule is OCC1C(CO)[C@H]2c3ccccc3[C@H]1c1ccccc12. The molecule has 2 atom stereocenters. The second-order valence-electron chi connectivity index (χ2n) is 5.91. The van der Waals surface area contributed by atoms with E-state index in [9.17, 15) is 10.2 Å². The predicted molar refractivity (Wildman–Crippen MR) is 77.7 cm³/mol. The van der Waals surface area contributed by atoms with Crippen LogP contribution in [0.1, 0.15) is 34.1 Å². The van der Waals surface area contributed by atoms with Gasteiger partial charge in [0, 0.05) is 25.0 Å². The maximum Gasteiger partial charge on any atom is 0.0472 e. The zero-order valence-corrected chi connectivity index (χ0v) is 11.2. The first-order valence-corrected chi connectivity index (χ1v) is 7.26. The van der Waals surface area contributed by atoms with E-state index in [0.717, 1.165) is 0 Å². The van der Waals surface area contributed by atoms with Gasteiger partial charge in [-0.3, -0.25) is 0 Å². The molecule has 0 saturated heterocycles. The van der Waals surface area contributed by atoms with Crippen molar-refractivity contribution >= 4 is 0 Å². The summed E-state index contributed by atoms with van der Waals surface area (Å²) in [5, 5.41) is 19.7. The van der Waals surface area contributed by atoms with Gasteiger partial charge >= 0.3 is 0 Å². The summed E-state index contributed by atoms with van der Waals surface area (Å²) >= 11 is 0. The fourth-order valence-electron chi connectivity index (χ4n) is 4.39. The summed E-state index contributed by atoms with van der Waals surface area (Å²) in [5.74, 6) is 0.675. The quantitative estimate of drug-likeness (QED) is 0.876. The van der Waals surface area contributed by atoms with Gasteiger partial charge in [-0.2, -0.15) is 0 Å². The second kappa shape index (κ2) is 4.44. The third-order valence-corrected chi connectivity index (χ3v) is 5.16. The zero-order valence-electron chi connectivity index (χ0n) is 11.2. The van der Waals surface area contributed by atoms with Gasteiger partial charge in [-0.05, 0) is 34.1 Å². The molecule has 2 aromatic carbocycles. The maximum absolute atomic E-state index is 9.85. The molecule has 5 rings (SSSR count). The van der Waals surface area contributed by atoms with Gasteiger partial charge in [-0.15, -0.1) is 0 Å². The number of hydrogen-bond donors (Lipinski definition) is 2. The number of rotatable bonds is 2. The van der Waals surface area contributed by atoms with Gasteiger partial charge in [0.05, 0.1) is 0 Å². The highest BCUT2D eigenvalue weighted by atomic mass is 16.3. The van der Waals surface area contributed by atoms with Crippen LogP contribution in [0, 0.1) is 11.8 Å². The third kappa shape index (κ3) is 1.41. The van der Waals surface area contributed by atoms with Gasteiger partial charge in [0.1, 0.15) is 0 Å². The molecule has 0 saturated carbocycles. The van der Waals surface area contributed by atoms with Crippen molar-refractivity contribution in [3.8, 4) is 0 Å². The van der Waals surface area contributed by atoms with E-state index < -0.39 is 0 Å². The molecule has 0 amide bonds. The summed E-state index contributed by atoms with van der Waals surface area (Å²) < 4.78 is 0. The minimum Gasteiger partial charge on any atom is -0.396 e. The van der Waals surface area contributed by atoms with E-state index in [2.05, 4.69) is 48.5 Å². The maximum atomic E-state index is 9.85. The van der Waals surface area contributed by atoms with E-state index in [1.165, 1.54) is 22.3 Å². The molecule has 2 bridgehead atoms. The second-order valence-corrected chi connectivity index (χ2v) is 5.91. The standard InChI is InChI=1S/C18H18O2/c19-9-15-16(10-20)18-12-6-2-1-5-11(12)17(15)13-7-3-4-8-14(13)18/h1-8,15-20H,9-10H2/t15?,16?,17-,18-. The highest BCUT2D eigenvalue weighted by Gasteiger charge is 2.48. The number of benzene rings is 2. The molecule has 2 nitrogen and oxygen atoms in total. The Morgan fingerprint density at radius 3 is 1.15 bits per heavy atom. The first-order chi connectivity index (χ1) is 9.86. The highest BCUT2D eigenvalue weighted by molar-refractivity contribution is 5.56. The van der Waals surface area contributed by atoms with Crippen molar-refractivity contribution in [2.45, 2.75) is 11.8 Å². The van der Waals surface area contributed by atoms with Crippen LogP contribution in [0.15, 0.2) is 48.5 Å². The van der Waals surface area contributed by atoms with E-state index in [1.54, 1.807) is 0 Å². The summed E-state index contributed by atoms with van der Waals surface area (Å²) in [7, 11) is 0. The number of aliphatic hydroxyl groups excluding tert-OH is 2. The van der Waals surface area contributed by atoms with E-state index in [1.807, 2.05) is 0 Å². The van der Waals surface area contributed by atoms with Gasteiger partial charge < -0.3 is 10.2 Å². The van der Waals surface area contributed by atoms with Gasteiger partial charge in [0.25, 0.3) is 0 Å². The van der Waals surface area contributed by atoms with Crippen LogP contribution < -0.4 is 0 Å². The van der Waals surface area contributed by atoms with Crippen molar-refractivity contribution in [2.75, 3.05) is 13.2 Å². The van der Waals surface area contributed by atoms with Gasteiger partial charge in [-0.25, -0.2) is 0 Å². The Balaban J connectivity index is 2.01. The van der Waals surface area contributed by atoms with Crippen LogP contribution in [-0.4, -0.2) is 23.4 Å². The number of hydrogen-bond acceptors (Lipinski definition) is 2. The van der Waals surface area contributed by atoms with Crippen molar-refractivity contribution < 1.29 is 10.2 Å². The summed E-state index contributed by atoms with van der Waals surface area (Å²) in [6, 6.07) is 17.0. The molecule has 0 spiro atoms. The molecule has 3 aliphatic rings. The lowest BCUT2D eigenvalue weighted by atomic mass is 9.54. The molecule has 0 heterocycles. The Labute approximate surface area is 118 Å². The lowest BCUT2D eigenvalue weighted by Crippen LogP contribution is -2.43. The largest absolute Gasteiger partial charge is 0.396 e. The zero-order chi connectivity index (χ0) is 13.7. The first kappa shape index (κ1) is 12.1. The van der Waals surface area contributed by atoms with Gasteiger partial charge in [0.2, 0.25) is 0 Å². The first-order valence-electron chi connectivity index (χ1n) is 7.26. The number of fused-ring (bicyclic) bond motifs is 1. The van der Waals surface area contributed by atoms with E-state index >= 15 is 0 Å². The van der Waals surface area contributed by atoms with Crippen LogP contribution >= 0.6 is 0 Å². The van der Waals surface area contributed by atoms with Crippen LogP contribution in [0.3, 0.4) is 0 Å². The molecule has 2 N–H and O–H groups in total. The van der Waals surface area contributed by atoms with E-state index in [4.69, 9.17) is 0 Å². The highest BCUT2D eigenvalue weighted by Crippen LogP contribution is 2.57. The van der Waals surface area contributed by atoms with Crippen molar-refractivity contribution in [1.29, 1.82) is 0 Å². The average molecular weight is 266 g/mol. The van der Waals surface area contributed by atoms with Gasteiger partial charge in [-0.1, -0.05) is 48.5 Å². The molecular weight excluding hydrogens is 248 g/mol. The Morgan fingerprint density at radius 2 is 0.900 bits per heavy atom. The topological polar surface area (TPSA) is 40.5 Å². The summed E-state index contributed by atoms with van der Waals surface area (Å²) in [6.07, 6.45) is 0. The molecule has 0 aromatic heterocycles. The Hall–Kier alpha value is -1.64. The summed E-state index contributed by atoms with van der Waals surface area (Å²) in [5.41, 5.74) is 5.33. The molecule has 2 aromatic rings. The van der Waals surface area contributed by atoms with Crippen LogP contribution in [0.4, 0.5) is 0 Å². The fourth-order valence-corrected chi connectivity index (χ4v) is 4.39.